The van der Waals surface area contributed by atoms with Gasteiger partial charge in [-0.3, -0.25) is 4.90 Å². The average Bonchev–Trinajstić information content (AvgIpc) is 2.14. The zero-order valence-corrected chi connectivity index (χ0v) is 10.8. The van der Waals surface area contributed by atoms with Crippen molar-refractivity contribution < 1.29 is 0 Å². The van der Waals surface area contributed by atoms with Gasteiger partial charge in [-0.1, -0.05) is 26.2 Å². The van der Waals surface area contributed by atoms with Crippen LogP contribution in [0.15, 0.2) is 0 Å². The third-order valence-electron chi connectivity index (χ3n) is 3.74. The molecule has 0 aromatic rings. The Bertz CT molecular complexity index is 155. The van der Waals surface area contributed by atoms with Crippen molar-refractivity contribution in [3.8, 4) is 0 Å². The second-order valence-corrected chi connectivity index (χ2v) is 5.01. The second kappa shape index (κ2) is 7.24. The Morgan fingerprint density at radius 1 is 1.33 bits per heavy atom. The van der Waals surface area contributed by atoms with Crippen LogP contribution in [0.2, 0.25) is 0 Å². The van der Waals surface area contributed by atoms with Crippen LogP contribution >= 0.6 is 0 Å². The van der Waals surface area contributed by atoms with Gasteiger partial charge in [-0.25, -0.2) is 0 Å². The minimum atomic E-state index is 0.692. The summed E-state index contributed by atoms with van der Waals surface area (Å²) in [5.74, 6) is 0. The first-order valence-corrected chi connectivity index (χ1v) is 6.68. The molecule has 1 fully saturated rings. The molecule has 1 rings (SSSR count). The fraction of sp³-hybridized carbons (Fsp3) is 1.00. The van der Waals surface area contributed by atoms with Crippen molar-refractivity contribution >= 4 is 0 Å². The number of likely N-dealkylation sites (N-methyl/N-ethyl adjacent to an activating group) is 1. The molecule has 0 heterocycles. The summed E-state index contributed by atoms with van der Waals surface area (Å²) in [7, 11) is 2.28. The lowest BCUT2D eigenvalue weighted by atomic mass is 9.91. The van der Waals surface area contributed by atoms with Gasteiger partial charge in [0.2, 0.25) is 0 Å². The summed E-state index contributed by atoms with van der Waals surface area (Å²) in [5, 5.41) is 3.56. The highest BCUT2D eigenvalue weighted by molar-refractivity contribution is 4.81. The topological polar surface area (TPSA) is 15.3 Å². The lowest BCUT2D eigenvalue weighted by Gasteiger charge is -2.38. The molecule has 1 atom stereocenters. The van der Waals surface area contributed by atoms with E-state index >= 15 is 0 Å². The number of hydrogen-bond acceptors (Lipinski definition) is 2. The number of nitrogens with one attached hydrogen (secondary N) is 1. The van der Waals surface area contributed by atoms with E-state index in [0.29, 0.717) is 6.04 Å². The van der Waals surface area contributed by atoms with Crippen LogP contribution in [-0.4, -0.2) is 37.1 Å². The van der Waals surface area contributed by atoms with Crippen LogP contribution in [-0.2, 0) is 0 Å². The van der Waals surface area contributed by atoms with Crippen molar-refractivity contribution in [1.29, 1.82) is 0 Å². The van der Waals surface area contributed by atoms with Gasteiger partial charge in [-0.2, -0.15) is 0 Å². The molecular formula is C13H28N2. The maximum atomic E-state index is 3.56. The normalized spacial score (nSPS) is 19.2. The van der Waals surface area contributed by atoms with Gasteiger partial charge in [0.15, 0.2) is 0 Å². The monoisotopic (exact) mass is 212 g/mol. The van der Waals surface area contributed by atoms with Gasteiger partial charge >= 0.3 is 0 Å². The van der Waals surface area contributed by atoms with Crippen molar-refractivity contribution in [2.45, 2.75) is 64.5 Å². The SMILES string of the molecule is CCCCCNCC(C)N(C)C1CCC1. The summed E-state index contributed by atoms with van der Waals surface area (Å²) in [6, 6.07) is 1.56. The zero-order chi connectivity index (χ0) is 11.1. The first kappa shape index (κ1) is 13.0. The zero-order valence-electron chi connectivity index (χ0n) is 10.8. The molecule has 1 saturated carbocycles. The molecule has 1 aliphatic rings. The fourth-order valence-electron chi connectivity index (χ4n) is 2.11. The molecule has 15 heavy (non-hydrogen) atoms. The molecule has 0 radical (unpaired) electrons. The smallest absolute Gasteiger partial charge is 0.0192 e. The van der Waals surface area contributed by atoms with Gasteiger partial charge in [-0.05, 0) is 39.8 Å². The van der Waals surface area contributed by atoms with E-state index in [2.05, 4.69) is 31.1 Å². The van der Waals surface area contributed by atoms with Gasteiger partial charge in [0.05, 0.1) is 0 Å². The van der Waals surface area contributed by atoms with E-state index in [9.17, 15) is 0 Å². The molecule has 2 heteroatoms. The summed E-state index contributed by atoms with van der Waals surface area (Å²) < 4.78 is 0. The lowest BCUT2D eigenvalue weighted by molar-refractivity contribution is 0.117. The van der Waals surface area contributed by atoms with Gasteiger partial charge < -0.3 is 5.32 Å². The molecule has 0 saturated heterocycles. The molecule has 1 unspecified atom stereocenters. The fourth-order valence-corrected chi connectivity index (χ4v) is 2.11. The first-order valence-electron chi connectivity index (χ1n) is 6.68. The standard InChI is InChI=1S/C13H28N2/c1-4-5-6-10-14-11-12(2)15(3)13-8-7-9-13/h12-14H,4-11H2,1-3H3. The molecule has 0 bridgehead atoms. The molecule has 0 spiro atoms. The Kier molecular flexibility index (Phi) is 6.26. The maximum absolute atomic E-state index is 3.56. The van der Waals surface area contributed by atoms with E-state index in [4.69, 9.17) is 0 Å². The van der Waals surface area contributed by atoms with Crippen LogP contribution in [0.1, 0.15) is 52.4 Å². The third kappa shape index (κ3) is 4.52. The number of rotatable bonds is 8. The van der Waals surface area contributed by atoms with Crippen molar-refractivity contribution in [3.63, 3.8) is 0 Å². The number of nitrogens with zero attached hydrogens (tertiary/aromatic N) is 1. The molecule has 0 amide bonds. The van der Waals surface area contributed by atoms with Crippen LogP contribution in [0, 0.1) is 0 Å². The van der Waals surface area contributed by atoms with Crippen LogP contribution in [0.25, 0.3) is 0 Å². The molecule has 0 aromatic heterocycles. The largest absolute Gasteiger partial charge is 0.315 e. The quantitative estimate of drug-likeness (QED) is 0.622. The molecule has 2 nitrogen and oxygen atoms in total. The van der Waals surface area contributed by atoms with Crippen molar-refractivity contribution in [2.75, 3.05) is 20.1 Å². The van der Waals surface area contributed by atoms with E-state index in [1.165, 1.54) is 45.1 Å². The summed E-state index contributed by atoms with van der Waals surface area (Å²) >= 11 is 0. The lowest BCUT2D eigenvalue weighted by Crippen LogP contribution is -2.46. The Morgan fingerprint density at radius 2 is 2.07 bits per heavy atom. The summed E-state index contributed by atoms with van der Waals surface area (Å²) in [6.07, 6.45) is 8.27. The van der Waals surface area contributed by atoms with Crippen molar-refractivity contribution in [2.24, 2.45) is 0 Å². The number of unbranched alkanes of at least 4 members (excludes halogenated alkanes) is 2. The van der Waals surface area contributed by atoms with Crippen molar-refractivity contribution in [3.05, 3.63) is 0 Å². The third-order valence-corrected chi connectivity index (χ3v) is 3.74. The summed E-state index contributed by atoms with van der Waals surface area (Å²) in [4.78, 5) is 2.55. The van der Waals surface area contributed by atoms with Crippen LogP contribution < -0.4 is 5.32 Å². The Hall–Kier alpha value is -0.0800. The van der Waals surface area contributed by atoms with Gasteiger partial charge in [0, 0.05) is 18.6 Å². The van der Waals surface area contributed by atoms with E-state index in [1.54, 1.807) is 0 Å². The van der Waals surface area contributed by atoms with E-state index in [-0.39, 0.29) is 0 Å². The van der Waals surface area contributed by atoms with Crippen LogP contribution in [0.4, 0.5) is 0 Å². The molecule has 1 N–H and O–H groups in total. The highest BCUT2D eigenvalue weighted by Crippen LogP contribution is 2.24. The first-order chi connectivity index (χ1) is 7.25. The molecule has 0 aliphatic heterocycles. The van der Waals surface area contributed by atoms with Gasteiger partial charge in [-0.15, -0.1) is 0 Å². The maximum Gasteiger partial charge on any atom is 0.0192 e. The molecule has 0 aromatic carbocycles. The molecule has 1 aliphatic carbocycles. The molecule has 90 valence electrons. The van der Waals surface area contributed by atoms with Gasteiger partial charge in [0.1, 0.15) is 0 Å². The van der Waals surface area contributed by atoms with Crippen LogP contribution in [0.5, 0.6) is 0 Å². The second-order valence-electron chi connectivity index (χ2n) is 5.01. The molecular weight excluding hydrogens is 184 g/mol. The van der Waals surface area contributed by atoms with E-state index in [1.807, 2.05) is 0 Å². The number of hydrogen-bond donors (Lipinski definition) is 1. The van der Waals surface area contributed by atoms with E-state index < -0.39 is 0 Å². The van der Waals surface area contributed by atoms with Crippen molar-refractivity contribution in [1.82, 2.24) is 10.2 Å². The summed E-state index contributed by atoms with van der Waals surface area (Å²) in [6.45, 7) is 6.94. The predicted molar refractivity (Wildman–Crippen MR) is 67.3 cm³/mol. The Labute approximate surface area is 95.4 Å². The van der Waals surface area contributed by atoms with Crippen LogP contribution in [0.3, 0.4) is 0 Å². The Morgan fingerprint density at radius 3 is 2.60 bits per heavy atom. The van der Waals surface area contributed by atoms with E-state index in [0.717, 1.165) is 12.6 Å². The minimum Gasteiger partial charge on any atom is -0.315 e. The average molecular weight is 212 g/mol. The highest BCUT2D eigenvalue weighted by Gasteiger charge is 2.24. The summed E-state index contributed by atoms with van der Waals surface area (Å²) in [5.41, 5.74) is 0. The Balaban J connectivity index is 1.99. The van der Waals surface area contributed by atoms with Gasteiger partial charge in [0.25, 0.3) is 0 Å². The minimum absolute atomic E-state index is 0.692. The highest BCUT2D eigenvalue weighted by atomic mass is 15.2. The predicted octanol–water partition coefficient (Wildman–Crippen LogP) is 2.64.